The van der Waals surface area contributed by atoms with Gasteiger partial charge in [-0.3, -0.25) is 9.59 Å². The van der Waals surface area contributed by atoms with Crippen LogP contribution in [0.2, 0.25) is 5.15 Å². The number of aromatic nitrogens is 2. The summed E-state index contributed by atoms with van der Waals surface area (Å²) in [5.41, 5.74) is 0.602. The van der Waals surface area contributed by atoms with Gasteiger partial charge in [0.05, 0.1) is 24.0 Å². The maximum absolute atomic E-state index is 14.1. The number of piperidine rings is 1. The van der Waals surface area contributed by atoms with E-state index in [2.05, 4.69) is 14.9 Å². The molecule has 2 fully saturated rings. The fraction of sp³-hybridized carbons (Fsp3) is 0.500. The molecule has 2 aliphatic rings. The number of nitrogens with zero attached hydrogens (tertiary/aromatic N) is 5. The number of para-hydroxylation sites is 1. The molecule has 0 spiro atoms. The van der Waals surface area contributed by atoms with Gasteiger partial charge in [-0.15, -0.1) is 0 Å². The molecule has 0 aliphatic carbocycles. The number of hydrogen-bond acceptors (Lipinski definition) is 8. The van der Waals surface area contributed by atoms with Gasteiger partial charge in [0.25, 0.3) is 0 Å². The number of hydrogen-bond donors (Lipinski definition) is 0. The zero-order chi connectivity index (χ0) is 24.8. The number of thioether (sulfide) groups is 1. The Morgan fingerprint density at radius 3 is 2.63 bits per heavy atom. The van der Waals surface area contributed by atoms with Crippen molar-refractivity contribution in [2.75, 3.05) is 61.4 Å². The van der Waals surface area contributed by atoms with Crippen LogP contribution in [0.4, 0.5) is 15.9 Å². The van der Waals surface area contributed by atoms with Gasteiger partial charge in [-0.25, -0.2) is 14.4 Å². The molecule has 1 atom stereocenters. The van der Waals surface area contributed by atoms with Crippen LogP contribution in [0, 0.1) is 11.7 Å². The fourth-order valence-corrected chi connectivity index (χ4v) is 5.35. The molecular weight excluding hydrogens is 493 g/mol. The molecule has 4 rings (SSSR count). The third-order valence-corrected chi connectivity index (χ3v) is 7.20. The first-order valence-electron chi connectivity index (χ1n) is 11.8. The maximum atomic E-state index is 14.1. The second-order valence-corrected chi connectivity index (χ2v) is 9.81. The minimum Gasteiger partial charge on any atom is -0.466 e. The average molecular weight is 522 g/mol. The van der Waals surface area contributed by atoms with Gasteiger partial charge in [0.1, 0.15) is 16.8 Å². The molecule has 1 unspecified atom stereocenters. The summed E-state index contributed by atoms with van der Waals surface area (Å²) < 4.78 is 19.2. The Labute approximate surface area is 213 Å². The van der Waals surface area contributed by atoms with Crippen LogP contribution in [0.25, 0.3) is 0 Å². The Morgan fingerprint density at radius 2 is 1.89 bits per heavy atom. The minimum atomic E-state index is -0.269. The summed E-state index contributed by atoms with van der Waals surface area (Å²) in [4.78, 5) is 39.6. The van der Waals surface area contributed by atoms with Crippen molar-refractivity contribution in [2.24, 2.45) is 5.92 Å². The summed E-state index contributed by atoms with van der Waals surface area (Å²) in [5, 5.41) is 0.734. The number of esters is 1. The molecule has 0 radical (unpaired) electrons. The quantitative estimate of drug-likeness (QED) is 0.237. The van der Waals surface area contributed by atoms with E-state index in [1.165, 1.54) is 17.8 Å². The topological polar surface area (TPSA) is 78.9 Å². The van der Waals surface area contributed by atoms with Crippen molar-refractivity contribution >= 4 is 46.7 Å². The number of carbonyl (C=O) groups excluding carboxylic acids is 2. The molecule has 2 aromatic rings. The lowest BCUT2D eigenvalue weighted by Crippen LogP contribution is -2.47. The molecule has 8 nitrogen and oxygen atoms in total. The van der Waals surface area contributed by atoms with Gasteiger partial charge in [0.2, 0.25) is 5.91 Å². The van der Waals surface area contributed by atoms with Crippen LogP contribution >= 0.6 is 23.4 Å². The van der Waals surface area contributed by atoms with E-state index in [0.717, 1.165) is 12.8 Å². The molecule has 0 N–H and O–H groups in total. The lowest BCUT2D eigenvalue weighted by Gasteiger charge is -2.36. The Hall–Kier alpha value is -2.59. The Morgan fingerprint density at radius 1 is 1.14 bits per heavy atom. The number of ether oxygens (including phenoxy) is 1. The van der Waals surface area contributed by atoms with Crippen LogP contribution in [0.3, 0.4) is 0 Å². The van der Waals surface area contributed by atoms with E-state index in [1.54, 1.807) is 30.0 Å². The highest BCUT2D eigenvalue weighted by molar-refractivity contribution is 7.99. The number of amides is 1. The predicted octanol–water partition coefficient (Wildman–Crippen LogP) is 3.49. The smallest absolute Gasteiger partial charge is 0.310 e. The molecule has 1 aromatic carbocycles. The van der Waals surface area contributed by atoms with E-state index in [0.29, 0.717) is 67.7 Å². The Bertz CT molecular complexity index is 1050. The highest BCUT2D eigenvalue weighted by Crippen LogP contribution is 2.26. The minimum absolute atomic E-state index is 0.0624. The molecule has 0 bridgehead atoms. The third-order valence-electron chi connectivity index (χ3n) is 6.18. The van der Waals surface area contributed by atoms with Crippen LogP contribution < -0.4 is 9.80 Å². The first-order chi connectivity index (χ1) is 16.9. The number of likely N-dealkylation sites (tertiary alicyclic amines) is 1. The molecule has 3 heterocycles. The summed E-state index contributed by atoms with van der Waals surface area (Å²) in [6.45, 7) is 5.76. The lowest BCUT2D eigenvalue weighted by molar-refractivity contribution is -0.151. The molecular formula is C24H29ClFN5O3S. The number of halogens is 2. The monoisotopic (exact) mass is 521 g/mol. The zero-order valence-corrected chi connectivity index (χ0v) is 21.2. The van der Waals surface area contributed by atoms with Gasteiger partial charge >= 0.3 is 5.97 Å². The molecule has 188 valence electrons. The van der Waals surface area contributed by atoms with Gasteiger partial charge in [-0.2, -0.15) is 0 Å². The van der Waals surface area contributed by atoms with Gasteiger partial charge < -0.3 is 19.4 Å². The molecule has 0 saturated carbocycles. The van der Waals surface area contributed by atoms with E-state index < -0.39 is 0 Å². The molecule has 2 saturated heterocycles. The third kappa shape index (κ3) is 6.55. The number of anilines is 2. The first-order valence-corrected chi connectivity index (χ1v) is 13.2. The number of carbonyl (C=O) groups is 2. The Balaban J connectivity index is 1.33. The second kappa shape index (κ2) is 11.9. The SMILES string of the molecule is CCOC(=O)C1CCCN(C(=O)CSc2nc(Cl)cc(N3CCN(c4ccccc4F)CC3)n2)C1. The van der Waals surface area contributed by atoms with Crippen LogP contribution in [0.1, 0.15) is 19.8 Å². The average Bonchev–Trinajstić information content (AvgIpc) is 2.87. The van der Waals surface area contributed by atoms with Crippen molar-refractivity contribution in [1.82, 2.24) is 14.9 Å². The molecule has 35 heavy (non-hydrogen) atoms. The molecule has 1 aromatic heterocycles. The molecule has 11 heteroatoms. The van der Waals surface area contributed by atoms with E-state index >= 15 is 0 Å². The number of piperazine rings is 1. The highest BCUT2D eigenvalue weighted by Gasteiger charge is 2.29. The number of rotatable bonds is 7. The van der Waals surface area contributed by atoms with Crippen LogP contribution in [-0.2, 0) is 14.3 Å². The van der Waals surface area contributed by atoms with Gasteiger partial charge in [-0.05, 0) is 31.9 Å². The van der Waals surface area contributed by atoms with E-state index in [4.69, 9.17) is 16.3 Å². The Kier molecular flexibility index (Phi) is 8.67. The standard InChI is InChI=1S/C24H29ClFN5O3S/c1-2-34-23(33)17-6-5-9-31(15-17)22(32)16-35-24-27-20(25)14-21(28-24)30-12-10-29(11-13-30)19-8-4-3-7-18(19)26/h3-4,7-8,14,17H,2,5-6,9-13,15-16H2,1H3. The summed E-state index contributed by atoms with van der Waals surface area (Å²) in [6.07, 6.45) is 1.51. The number of benzene rings is 1. The van der Waals surface area contributed by atoms with E-state index in [1.807, 2.05) is 11.0 Å². The zero-order valence-electron chi connectivity index (χ0n) is 19.7. The summed E-state index contributed by atoms with van der Waals surface area (Å²) in [5.74, 6) is 0.0548. The van der Waals surface area contributed by atoms with Crippen molar-refractivity contribution < 1.29 is 18.7 Å². The van der Waals surface area contributed by atoms with E-state index in [-0.39, 0.29) is 29.4 Å². The van der Waals surface area contributed by atoms with Crippen molar-refractivity contribution in [3.63, 3.8) is 0 Å². The van der Waals surface area contributed by atoms with Crippen LogP contribution in [-0.4, -0.2) is 78.4 Å². The first kappa shape index (κ1) is 25.5. The van der Waals surface area contributed by atoms with Gasteiger partial charge in [0.15, 0.2) is 5.16 Å². The maximum Gasteiger partial charge on any atom is 0.310 e. The molecule has 1 amide bonds. The van der Waals surface area contributed by atoms with E-state index in [9.17, 15) is 14.0 Å². The summed E-state index contributed by atoms with van der Waals surface area (Å²) >= 11 is 7.50. The van der Waals surface area contributed by atoms with Crippen molar-refractivity contribution in [2.45, 2.75) is 24.9 Å². The largest absolute Gasteiger partial charge is 0.466 e. The van der Waals surface area contributed by atoms with Gasteiger partial charge in [-0.1, -0.05) is 35.5 Å². The van der Waals surface area contributed by atoms with Crippen molar-refractivity contribution in [1.29, 1.82) is 0 Å². The molecule has 2 aliphatic heterocycles. The summed E-state index contributed by atoms with van der Waals surface area (Å²) in [7, 11) is 0. The summed E-state index contributed by atoms with van der Waals surface area (Å²) in [6, 6.07) is 8.49. The highest BCUT2D eigenvalue weighted by atomic mass is 35.5. The van der Waals surface area contributed by atoms with Crippen LogP contribution in [0.15, 0.2) is 35.5 Å². The van der Waals surface area contributed by atoms with Crippen molar-refractivity contribution in [3.05, 3.63) is 41.3 Å². The van der Waals surface area contributed by atoms with Crippen molar-refractivity contribution in [3.8, 4) is 0 Å². The normalized spacial score (nSPS) is 18.5. The van der Waals surface area contributed by atoms with Crippen LogP contribution in [0.5, 0.6) is 0 Å². The predicted molar refractivity (Wildman–Crippen MR) is 135 cm³/mol. The second-order valence-electron chi connectivity index (χ2n) is 8.48. The fourth-order valence-electron chi connectivity index (χ4n) is 4.37. The lowest BCUT2D eigenvalue weighted by atomic mass is 9.98. The van der Waals surface area contributed by atoms with Gasteiger partial charge in [0, 0.05) is 45.3 Å².